The second kappa shape index (κ2) is 3.44. The van der Waals surface area contributed by atoms with Crippen molar-refractivity contribution in [3.8, 4) is 0 Å². The number of fused-ring (bicyclic) bond motifs is 1. The topological polar surface area (TPSA) is 17.1 Å². The number of hydrogen-bond donors (Lipinski definition) is 0. The summed E-state index contributed by atoms with van der Waals surface area (Å²) in [5.74, 6) is -0.00217. The van der Waals surface area contributed by atoms with Crippen LogP contribution in [0.4, 0.5) is 4.39 Å². The molecule has 0 bridgehead atoms. The van der Waals surface area contributed by atoms with E-state index in [1.165, 1.54) is 12.1 Å². The lowest BCUT2D eigenvalue weighted by Gasteiger charge is -2.25. The van der Waals surface area contributed by atoms with Crippen molar-refractivity contribution in [2.24, 2.45) is 0 Å². The summed E-state index contributed by atoms with van der Waals surface area (Å²) in [7, 11) is 0. The van der Waals surface area contributed by atoms with Gasteiger partial charge < -0.3 is 0 Å². The molecule has 0 fully saturated rings. The van der Waals surface area contributed by atoms with E-state index in [-0.39, 0.29) is 17.0 Å². The van der Waals surface area contributed by atoms with Crippen molar-refractivity contribution in [1.82, 2.24) is 0 Å². The summed E-state index contributed by atoms with van der Waals surface area (Å²) in [6, 6.07) is 4.74. The van der Waals surface area contributed by atoms with Crippen molar-refractivity contribution in [2.75, 3.05) is 0 Å². The zero-order chi connectivity index (χ0) is 11.1. The van der Waals surface area contributed by atoms with E-state index < -0.39 is 0 Å². The Hall–Kier alpha value is -1.18. The van der Waals surface area contributed by atoms with Gasteiger partial charge in [0.1, 0.15) is 11.6 Å². The van der Waals surface area contributed by atoms with Crippen molar-refractivity contribution >= 4 is 5.78 Å². The third kappa shape index (κ3) is 1.31. The third-order valence-corrected chi connectivity index (χ3v) is 3.67. The lowest BCUT2D eigenvalue weighted by Crippen LogP contribution is -2.30. The molecule has 0 aliphatic heterocycles. The van der Waals surface area contributed by atoms with Gasteiger partial charge in [-0.1, -0.05) is 19.9 Å². The molecule has 0 aromatic heterocycles. The zero-order valence-electron chi connectivity index (χ0n) is 9.14. The molecule has 1 aromatic rings. The van der Waals surface area contributed by atoms with E-state index in [0.29, 0.717) is 6.42 Å². The molecule has 2 heteroatoms. The fourth-order valence-corrected chi connectivity index (χ4v) is 2.69. The SMILES string of the molecule is CCC1(CC)C(=O)Cc2cc(F)ccc21. The van der Waals surface area contributed by atoms with Crippen molar-refractivity contribution in [2.45, 2.75) is 38.5 Å². The number of ketones is 1. The van der Waals surface area contributed by atoms with E-state index in [4.69, 9.17) is 0 Å². The smallest absolute Gasteiger partial charge is 0.147 e. The molecule has 80 valence electrons. The molecule has 0 amide bonds. The van der Waals surface area contributed by atoms with Gasteiger partial charge in [-0.3, -0.25) is 4.79 Å². The Morgan fingerprint density at radius 2 is 2.00 bits per heavy atom. The maximum absolute atomic E-state index is 13.0. The monoisotopic (exact) mass is 206 g/mol. The molecular formula is C13H15FO. The van der Waals surface area contributed by atoms with Gasteiger partial charge in [0.2, 0.25) is 0 Å². The number of carbonyl (C=O) groups is 1. The second-order valence-corrected chi connectivity index (χ2v) is 4.19. The van der Waals surface area contributed by atoms with Crippen LogP contribution < -0.4 is 0 Å². The Kier molecular flexibility index (Phi) is 2.37. The van der Waals surface area contributed by atoms with E-state index in [9.17, 15) is 9.18 Å². The third-order valence-electron chi connectivity index (χ3n) is 3.67. The van der Waals surface area contributed by atoms with Crippen LogP contribution in [0.15, 0.2) is 18.2 Å². The Morgan fingerprint density at radius 3 is 2.60 bits per heavy atom. The summed E-state index contributed by atoms with van der Waals surface area (Å²) in [5.41, 5.74) is 1.57. The van der Waals surface area contributed by atoms with Crippen molar-refractivity contribution in [3.05, 3.63) is 35.1 Å². The Labute approximate surface area is 89.3 Å². The quantitative estimate of drug-likeness (QED) is 0.727. The van der Waals surface area contributed by atoms with Gasteiger partial charge in [0.15, 0.2) is 0 Å². The zero-order valence-corrected chi connectivity index (χ0v) is 9.14. The molecule has 1 aliphatic carbocycles. The van der Waals surface area contributed by atoms with Gasteiger partial charge in [-0.2, -0.15) is 0 Å². The molecule has 1 nitrogen and oxygen atoms in total. The molecule has 0 radical (unpaired) electrons. The molecule has 15 heavy (non-hydrogen) atoms. The fourth-order valence-electron chi connectivity index (χ4n) is 2.69. The Bertz CT molecular complexity index is 405. The molecule has 0 atom stereocenters. The number of hydrogen-bond acceptors (Lipinski definition) is 1. The van der Waals surface area contributed by atoms with Gasteiger partial charge in [-0.15, -0.1) is 0 Å². The van der Waals surface area contributed by atoms with Crippen molar-refractivity contribution in [1.29, 1.82) is 0 Å². The van der Waals surface area contributed by atoms with Crippen LogP contribution in [0.5, 0.6) is 0 Å². The van der Waals surface area contributed by atoms with E-state index in [1.807, 2.05) is 13.8 Å². The fraction of sp³-hybridized carbons (Fsp3) is 0.462. The standard InChI is InChI=1S/C13H15FO/c1-3-13(4-2)11-6-5-10(14)7-9(11)8-12(13)15/h5-7H,3-4,8H2,1-2H3. The molecule has 0 saturated heterocycles. The highest BCUT2D eigenvalue weighted by Crippen LogP contribution is 2.41. The van der Waals surface area contributed by atoms with Crippen molar-refractivity contribution in [3.63, 3.8) is 0 Å². The van der Waals surface area contributed by atoms with Gasteiger partial charge in [-0.25, -0.2) is 4.39 Å². The second-order valence-electron chi connectivity index (χ2n) is 4.19. The highest BCUT2D eigenvalue weighted by atomic mass is 19.1. The predicted molar refractivity (Wildman–Crippen MR) is 57.4 cm³/mol. The number of benzene rings is 1. The summed E-state index contributed by atoms with van der Waals surface area (Å²) >= 11 is 0. The lowest BCUT2D eigenvalue weighted by molar-refractivity contribution is -0.123. The van der Waals surface area contributed by atoms with Gasteiger partial charge >= 0.3 is 0 Å². The minimum Gasteiger partial charge on any atom is -0.298 e. The van der Waals surface area contributed by atoms with Crippen LogP contribution in [0.25, 0.3) is 0 Å². The molecule has 0 spiro atoms. The summed E-state index contributed by atoms with van der Waals surface area (Å²) in [5, 5.41) is 0. The largest absolute Gasteiger partial charge is 0.298 e. The Balaban J connectivity index is 2.59. The van der Waals surface area contributed by atoms with Crippen LogP contribution in [0.3, 0.4) is 0 Å². The average Bonchev–Trinajstić information content (AvgIpc) is 2.49. The summed E-state index contributed by atoms with van der Waals surface area (Å²) in [6.45, 7) is 4.06. The minimum atomic E-state index is -0.344. The molecule has 0 heterocycles. The normalized spacial score (nSPS) is 17.9. The van der Waals surface area contributed by atoms with Gasteiger partial charge in [0.25, 0.3) is 0 Å². The van der Waals surface area contributed by atoms with Gasteiger partial charge in [0.05, 0.1) is 5.41 Å². The van der Waals surface area contributed by atoms with E-state index in [0.717, 1.165) is 24.0 Å². The average molecular weight is 206 g/mol. The molecule has 0 N–H and O–H groups in total. The lowest BCUT2D eigenvalue weighted by atomic mass is 9.76. The number of rotatable bonds is 2. The first kappa shape index (κ1) is 10.3. The highest BCUT2D eigenvalue weighted by molar-refractivity contribution is 5.96. The summed E-state index contributed by atoms with van der Waals surface area (Å²) in [6.07, 6.45) is 2.01. The van der Waals surface area contributed by atoms with Crippen LogP contribution in [-0.4, -0.2) is 5.78 Å². The van der Waals surface area contributed by atoms with E-state index in [2.05, 4.69) is 0 Å². The number of Topliss-reactive ketones (excluding diaryl/α,β-unsaturated/α-hetero) is 1. The summed E-state index contributed by atoms with van der Waals surface area (Å²) in [4.78, 5) is 12.0. The molecule has 0 saturated carbocycles. The van der Waals surface area contributed by atoms with Gasteiger partial charge in [-0.05, 0) is 36.1 Å². The van der Waals surface area contributed by atoms with E-state index in [1.54, 1.807) is 6.07 Å². The number of halogens is 1. The van der Waals surface area contributed by atoms with Crippen LogP contribution in [0.1, 0.15) is 37.8 Å². The molecular weight excluding hydrogens is 191 g/mol. The van der Waals surface area contributed by atoms with Crippen LogP contribution >= 0.6 is 0 Å². The highest BCUT2D eigenvalue weighted by Gasteiger charge is 2.43. The minimum absolute atomic E-state index is 0.244. The van der Waals surface area contributed by atoms with Crippen LogP contribution in [0, 0.1) is 5.82 Å². The molecule has 1 aliphatic rings. The number of carbonyl (C=O) groups excluding carboxylic acids is 1. The van der Waals surface area contributed by atoms with Crippen LogP contribution in [0.2, 0.25) is 0 Å². The predicted octanol–water partition coefficient (Wildman–Crippen LogP) is 3.01. The summed E-state index contributed by atoms with van der Waals surface area (Å²) < 4.78 is 13.0. The molecule has 2 rings (SSSR count). The first-order valence-corrected chi connectivity index (χ1v) is 5.46. The molecule has 0 unspecified atom stereocenters. The van der Waals surface area contributed by atoms with Gasteiger partial charge in [0, 0.05) is 6.42 Å². The Morgan fingerprint density at radius 1 is 1.33 bits per heavy atom. The molecule has 1 aromatic carbocycles. The van der Waals surface area contributed by atoms with Crippen molar-refractivity contribution < 1.29 is 9.18 Å². The first-order valence-electron chi connectivity index (χ1n) is 5.46. The van der Waals surface area contributed by atoms with Crippen LogP contribution in [-0.2, 0) is 16.6 Å². The van der Waals surface area contributed by atoms with E-state index >= 15 is 0 Å². The maximum Gasteiger partial charge on any atom is 0.147 e. The first-order chi connectivity index (χ1) is 7.14. The maximum atomic E-state index is 13.0.